The van der Waals surface area contributed by atoms with Gasteiger partial charge in [0.05, 0.1) is 18.5 Å². The molecule has 7 nitrogen and oxygen atoms in total. The van der Waals surface area contributed by atoms with Crippen molar-refractivity contribution in [3.63, 3.8) is 0 Å². The molecular formula is C16H15N6OS2+. The van der Waals surface area contributed by atoms with E-state index >= 15 is 0 Å². The molecule has 0 saturated carbocycles. The van der Waals surface area contributed by atoms with Gasteiger partial charge in [0.2, 0.25) is 22.3 Å². The summed E-state index contributed by atoms with van der Waals surface area (Å²) in [4.78, 5) is 4.37. The average molecular weight is 371 g/mol. The molecule has 9 heteroatoms. The van der Waals surface area contributed by atoms with E-state index in [-0.39, 0.29) is 6.04 Å². The van der Waals surface area contributed by atoms with Crippen molar-refractivity contribution >= 4 is 31.5 Å². The van der Waals surface area contributed by atoms with E-state index in [0.29, 0.717) is 11.5 Å². The average Bonchev–Trinajstić information content (AvgIpc) is 3.27. The van der Waals surface area contributed by atoms with Gasteiger partial charge >= 0.3 is 0 Å². The van der Waals surface area contributed by atoms with E-state index in [9.17, 15) is 0 Å². The number of aromatic nitrogens is 6. The summed E-state index contributed by atoms with van der Waals surface area (Å²) in [6.07, 6.45) is 0. The largest absolute Gasteiger partial charge is 0.481 e. The van der Waals surface area contributed by atoms with Crippen molar-refractivity contribution < 1.29 is 4.74 Å². The van der Waals surface area contributed by atoms with Crippen molar-refractivity contribution in [1.29, 1.82) is 0 Å². The Morgan fingerprint density at radius 3 is 2.80 bits per heavy atom. The SMILES string of the molecule is COc1ccc2c[s+](Sc3nnnn3C(C)c3ccccc3)nc2n1. The van der Waals surface area contributed by atoms with Crippen molar-refractivity contribution in [1.82, 2.24) is 29.6 Å². The van der Waals surface area contributed by atoms with Crippen molar-refractivity contribution in [2.24, 2.45) is 0 Å². The Balaban J connectivity index is 1.63. The minimum absolute atomic E-state index is 0.0468. The van der Waals surface area contributed by atoms with E-state index < -0.39 is 9.70 Å². The number of fused-ring (bicyclic) bond motifs is 1. The zero-order chi connectivity index (χ0) is 17.2. The molecule has 3 aromatic heterocycles. The van der Waals surface area contributed by atoms with Crippen LogP contribution in [0.5, 0.6) is 5.88 Å². The number of methoxy groups -OCH3 is 1. The van der Waals surface area contributed by atoms with Crippen LogP contribution in [0.15, 0.2) is 53.0 Å². The normalized spacial score (nSPS) is 13.1. The lowest BCUT2D eigenvalue weighted by Crippen LogP contribution is -2.09. The number of tetrazole rings is 1. The summed E-state index contributed by atoms with van der Waals surface area (Å²) in [6, 6.07) is 14.0. The molecule has 2 unspecified atom stereocenters. The molecule has 4 rings (SSSR count). The molecule has 0 fully saturated rings. The molecule has 126 valence electrons. The number of pyridine rings is 1. The van der Waals surface area contributed by atoms with E-state index in [1.54, 1.807) is 7.11 Å². The van der Waals surface area contributed by atoms with Crippen LogP contribution in [0.1, 0.15) is 18.5 Å². The molecule has 0 aliphatic heterocycles. The van der Waals surface area contributed by atoms with Crippen LogP contribution in [0.2, 0.25) is 0 Å². The molecule has 0 amide bonds. The van der Waals surface area contributed by atoms with Crippen molar-refractivity contribution in [3.05, 3.63) is 53.4 Å². The molecule has 1 aromatic carbocycles. The summed E-state index contributed by atoms with van der Waals surface area (Å²) < 4.78 is 11.6. The number of hydrogen-bond donors (Lipinski definition) is 0. The molecule has 0 radical (unpaired) electrons. The smallest absolute Gasteiger partial charge is 0.269 e. The van der Waals surface area contributed by atoms with Gasteiger partial charge in [-0.2, -0.15) is 4.98 Å². The zero-order valence-corrected chi connectivity index (χ0v) is 15.2. The molecule has 25 heavy (non-hydrogen) atoms. The van der Waals surface area contributed by atoms with Gasteiger partial charge in [0.15, 0.2) is 15.1 Å². The van der Waals surface area contributed by atoms with Gasteiger partial charge in [-0.05, 0) is 33.4 Å². The zero-order valence-electron chi connectivity index (χ0n) is 13.6. The lowest BCUT2D eigenvalue weighted by atomic mass is 10.1. The Labute approximate surface area is 150 Å². The maximum absolute atomic E-state index is 5.15. The van der Waals surface area contributed by atoms with Crippen LogP contribution in [0, 0.1) is 0 Å². The Bertz CT molecular complexity index is 1000. The second kappa shape index (κ2) is 6.77. The fraction of sp³-hybridized carbons (Fsp3) is 0.188. The van der Waals surface area contributed by atoms with Crippen LogP contribution in [-0.4, -0.2) is 36.7 Å². The number of hydrogen-bond acceptors (Lipinski definition) is 7. The molecule has 0 N–H and O–H groups in total. The first-order valence-electron chi connectivity index (χ1n) is 7.60. The highest BCUT2D eigenvalue weighted by Gasteiger charge is 2.24. The van der Waals surface area contributed by atoms with Gasteiger partial charge < -0.3 is 4.74 Å². The van der Waals surface area contributed by atoms with Crippen LogP contribution in [0.25, 0.3) is 11.0 Å². The number of ether oxygens (including phenoxy) is 1. The topological polar surface area (TPSA) is 78.6 Å². The summed E-state index contributed by atoms with van der Waals surface area (Å²) in [5.41, 5.74) is 1.85. The molecule has 3 heterocycles. The molecule has 0 spiro atoms. The molecular weight excluding hydrogens is 356 g/mol. The first kappa shape index (κ1) is 16.0. The quantitative estimate of drug-likeness (QED) is 0.392. The molecule has 0 saturated heterocycles. The maximum atomic E-state index is 5.15. The Morgan fingerprint density at radius 1 is 1.16 bits per heavy atom. The highest BCUT2D eigenvalue weighted by molar-refractivity contribution is 8.44. The van der Waals surface area contributed by atoms with Gasteiger partial charge in [0, 0.05) is 6.07 Å². The van der Waals surface area contributed by atoms with E-state index in [1.807, 2.05) is 35.0 Å². The number of nitrogens with zero attached hydrogens (tertiary/aromatic N) is 6. The second-order valence-corrected chi connectivity index (χ2v) is 8.35. The van der Waals surface area contributed by atoms with E-state index in [2.05, 4.69) is 49.3 Å². The van der Waals surface area contributed by atoms with Gasteiger partial charge in [0.1, 0.15) is 0 Å². The standard InChI is InChI=1S/C16H15N6OS2/c1-11(12-6-4-3-5-7-12)22-16(18-20-21-22)24-25-10-13-8-9-14(23-2)17-15(13)19-25/h3-11H,1-2H3/q+1. The molecule has 0 aliphatic rings. The Hall–Kier alpha value is -2.52. The minimum Gasteiger partial charge on any atom is -0.481 e. The highest BCUT2D eigenvalue weighted by atomic mass is 33.1. The maximum Gasteiger partial charge on any atom is 0.269 e. The minimum atomic E-state index is -0.411. The van der Waals surface area contributed by atoms with Crippen LogP contribution in [0.3, 0.4) is 0 Å². The summed E-state index contributed by atoms with van der Waals surface area (Å²) in [7, 11) is 2.72. The van der Waals surface area contributed by atoms with Gasteiger partial charge in [-0.3, -0.25) is 0 Å². The van der Waals surface area contributed by atoms with Crippen molar-refractivity contribution in [2.45, 2.75) is 18.1 Å². The van der Waals surface area contributed by atoms with E-state index in [1.165, 1.54) is 10.8 Å². The van der Waals surface area contributed by atoms with Crippen LogP contribution in [0.4, 0.5) is 0 Å². The van der Waals surface area contributed by atoms with Crippen LogP contribution in [-0.2, 0) is 0 Å². The third-order valence-corrected chi connectivity index (χ3v) is 6.63. The third kappa shape index (κ3) is 3.20. The summed E-state index contributed by atoms with van der Waals surface area (Å²) in [5, 5.41) is 16.0. The summed E-state index contributed by atoms with van der Waals surface area (Å²) >= 11 is 0. The second-order valence-electron chi connectivity index (χ2n) is 5.33. The number of rotatable bonds is 5. The third-order valence-electron chi connectivity index (χ3n) is 3.76. The first-order chi connectivity index (χ1) is 12.2. The van der Waals surface area contributed by atoms with Crippen molar-refractivity contribution in [2.75, 3.05) is 7.11 Å². The summed E-state index contributed by atoms with van der Waals surface area (Å²) in [5.74, 6) is 0.564. The van der Waals surface area contributed by atoms with Crippen LogP contribution >= 0.6 is 20.5 Å². The Morgan fingerprint density at radius 2 is 2.00 bits per heavy atom. The Kier molecular flexibility index (Phi) is 4.33. The first-order valence-corrected chi connectivity index (χ1v) is 10.2. The predicted octanol–water partition coefficient (Wildman–Crippen LogP) is 3.54. The van der Waals surface area contributed by atoms with Crippen molar-refractivity contribution in [3.8, 4) is 5.88 Å². The van der Waals surface area contributed by atoms with Gasteiger partial charge in [-0.1, -0.05) is 35.4 Å². The van der Waals surface area contributed by atoms with Gasteiger partial charge in [-0.15, -0.1) is 0 Å². The van der Waals surface area contributed by atoms with E-state index in [4.69, 9.17) is 4.74 Å². The molecule has 2 atom stereocenters. The number of benzene rings is 1. The lowest BCUT2D eigenvalue weighted by molar-refractivity contribution is 0.399. The fourth-order valence-corrected chi connectivity index (χ4v) is 5.33. The fourth-order valence-electron chi connectivity index (χ4n) is 2.42. The molecule has 0 bridgehead atoms. The monoisotopic (exact) mass is 371 g/mol. The van der Waals surface area contributed by atoms with Crippen LogP contribution < -0.4 is 4.74 Å². The van der Waals surface area contributed by atoms with E-state index in [0.717, 1.165) is 16.1 Å². The van der Waals surface area contributed by atoms with Gasteiger partial charge in [0.25, 0.3) is 5.16 Å². The summed E-state index contributed by atoms with van der Waals surface area (Å²) in [6.45, 7) is 2.08. The molecule has 4 aromatic rings. The lowest BCUT2D eigenvalue weighted by Gasteiger charge is -2.11. The molecule has 0 aliphatic carbocycles. The highest BCUT2D eigenvalue weighted by Crippen LogP contribution is 2.39. The van der Waals surface area contributed by atoms with Gasteiger partial charge in [-0.25, -0.2) is 4.68 Å². The predicted molar refractivity (Wildman–Crippen MR) is 97.9 cm³/mol.